The smallest absolute Gasteiger partial charge is 0.142 e. The number of hydrogen-bond donors (Lipinski definition) is 2. The van der Waals surface area contributed by atoms with E-state index in [0.29, 0.717) is 0 Å². The molecule has 0 aromatic heterocycles. The van der Waals surface area contributed by atoms with Crippen molar-refractivity contribution >= 4 is 17.7 Å². The van der Waals surface area contributed by atoms with Gasteiger partial charge in [-0.25, -0.2) is 0 Å². The molecule has 3 N–H and O–H groups in total. The van der Waals surface area contributed by atoms with E-state index >= 15 is 0 Å². The van der Waals surface area contributed by atoms with E-state index in [2.05, 4.69) is 5.32 Å². The summed E-state index contributed by atoms with van der Waals surface area (Å²) in [4.78, 5) is 10.5. The number of hydrogen-bond acceptors (Lipinski definition) is 3. The number of aldehydes is 1. The Balaban J connectivity index is 2.35. The number of rotatable bonds is 1. The highest BCUT2D eigenvalue weighted by atomic mass is 16.1. The third kappa shape index (κ3) is 1.03. The lowest BCUT2D eigenvalue weighted by Crippen LogP contribution is -2.15. The van der Waals surface area contributed by atoms with Crippen LogP contribution in [-0.2, 0) is 11.2 Å². The van der Waals surface area contributed by atoms with Gasteiger partial charge in [-0.05, 0) is 23.8 Å². The Morgan fingerprint density at radius 2 is 2.42 bits per heavy atom. The molecule has 1 heterocycles. The molecule has 12 heavy (non-hydrogen) atoms. The number of nitrogens with one attached hydrogen (secondary N) is 1. The minimum atomic E-state index is -0.0678. The Kier molecular flexibility index (Phi) is 1.50. The number of carbonyl (C=O) groups excluding carboxylic acids is 1. The molecule has 3 nitrogen and oxygen atoms in total. The minimum absolute atomic E-state index is 0.0678. The second-order valence-electron chi connectivity index (χ2n) is 3.01. The quantitative estimate of drug-likeness (QED) is 0.474. The van der Waals surface area contributed by atoms with Gasteiger partial charge in [-0.15, -0.1) is 0 Å². The molecule has 1 aromatic rings. The average molecular weight is 162 g/mol. The van der Waals surface area contributed by atoms with E-state index in [0.717, 1.165) is 29.6 Å². The number of nitrogen functional groups attached to an aromatic ring is 1. The monoisotopic (exact) mass is 162 g/mol. The molecule has 1 aliphatic rings. The summed E-state index contributed by atoms with van der Waals surface area (Å²) in [6, 6.07) is 5.58. The van der Waals surface area contributed by atoms with Crippen LogP contribution >= 0.6 is 0 Å². The van der Waals surface area contributed by atoms with Gasteiger partial charge in [0.05, 0.1) is 6.04 Å². The zero-order chi connectivity index (χ0) is 8.55. The number of carbonyl (C=O) groups is 1. The zero-order valence-electron chi connectivity index (χ0n) is 6.58. The molecule has 1 aliphatic heterocycles. The molecule has 62 valence electrons. The van der Waals surface area contributed by atoms with Gasteiger partial charge < -0.3 is 15.8 Å². The molecule has 0 saturated heterocycles. The van der Waals surface area contributed by atoms with Crippen LogP contribution in [0, 0.1) is 0 Å². The number of benzene rings is 1. The lowest BCUT2D eigenvalue weighted by Gasteiger charge is -2.00. The van der Waals surface area contributed by atoms with E-state index < -0.39 is 0 Å². The molecule has 0 spiro atoms. The van der Waals surface area contributed by atoms with Crippen LogP contribution in [0.4, 0.5) is 11.4 Å². The highest BCUT2D eigenvalue weighted by Crippen LogP contribution is 2.26. The van der Waals surface area contributed by atoms with Crippen LogP contribution in [-0.4, -0.2) is 12.3 Å². The van der Waals surface area contributed by atoms with Crippen molar-refractivity contribution in [2.45, 2.75) is 12.5 Å². The Morgan fingerprint density at radius 1 is 1.58 bits per heavy atom. The van der Waals surface area contributed by atoms with E-state index in [1.165, 1.54) is 0 Å². The molecule has 0 amide bonds. The van der Waals surface area contributed by atoms with Crippen LogP contribution in [0.25, 0.3) is 0 Å². The van der Waals surface area contributed by atoms with E-state index in [1.807, 2.05) is 18.2 Å². The average Bonchev–Trinajstić information content (AvgIpc) is 2.46. The van der Waals surface area contributed by atoms with E-state index in [4.69, 9.17) is 5.73 Å². The van der Waals surface area contributed by atoms with E-state index in [-0.39, 0.29) is 6.04 Å². The van der Waals surface area contributed by atoms with Gasteiger partial charge >= 0.3 is 0 Å². The molecule has 2 rings (SSSR count). The van der Waals surface area contributed by atoms with E-state index in [9.17, 15) is 4.79 Å². The Hall–Kier alpha value is -1.51. The summed E-state index contributed by atoms with van der Waals surface area (Å²) >= 11 is 0. The summed E-state index contributed by atoms with van der Waals surface area (Å²) in [5, 5.41) is 3.09. The third-order valence-electron chi connectivity index (χ3n) is 2.07. The maximum Gasteiger partial charge on any atom is 0.142 e. The van der Waals surface area contributed by atoms with Crippen molar-refractivity contribution in [3.05, 3.63) is 23.8 Å². The summed E-state index contributed by atoms with van der Waals surface area (Å²) in [6.45, 7) is 0. The van der Waals surface area contributed by atoms with Crippen molar-refractivity contribution in [3.63, 3.8) is 0 Å². The van der Waals surface area contributed by atoms with Crippen LogP contribution in [0.2, 0.25) is 0 Å². The first-order chi connectivity index (χ1) is 5.79. The molecule has 3 heteroatoms. The first-order valence-electron chi connectivity index (χ1n) is 3.90. The van der Waals surface area contributed by atoms with Crippen molar-refractivity contribution in [2.24, 2.45) is 0 Å². The summed E-state index contributed by atoms with van der Waals surface area (Å²) < 4.78 is 0. The lowest BCUT2D eigenvalue weighted by molar-refractivity contribution is -0.108. The zero-order valence-corrected chi connectivity index (χ0v) is 6.58. The molecule has 0 saturated carbocycles. The predicted octanol–water partition coefficient (Wildman–Crippen LogP) is 0.804. The highest BCUT2D eigenvalue weighted by molar-refractivity contribution is 5.73. The Morgan fingerprint density at radius 3 is 3.17 bits per heavy atom. The highest BCUT2D eigenvalue weighted by Gasteiger charge is 2.19. The Labute approximate surface area is 70.6 Å². The fraction of sp³-hybridized carbons (Fsp3) is 0.222. The maximum absolute atomic E-state index is 10.5. The van der Waals surface area contributed by atoms with Crippen LogP contribution in [0.15, 0.2) is 18.2 Å². The third-order valence-corrected chi connectivity index (χ3v) is 2.07. The van der Waals surface area contributed by atoms with Gasteiger partial charge in [0.2, 0.25) is 0 Å². The van der Waals surface area contributed by atoms with Crippen molar-refractivity contribution in [2.75, 3.05) is 11.1 Å². The SMILES string of the molecule is Nc1ccc2c(c1)CC(C=O)N2. The molecule has 0 fully saturated rings. The second kappa shape index (κ2) is 2.52. The minimum Gasteiger partial charge on any atom is -0.399 e. The predicted molar refractivity (Wildman–Crippen MR) is 48.0 cm³/mol. The molecule has 1 atom stereocenters. The van der Waals surface area contributed by atoms with E-state index in [1.54, 1.807) is 0 Å². The largest absolute Gasteiger partial charge is 0.399 e. The van der Waals surface area contributed by atoms with Crippen LogP contribution in [0.5, 0.6) is 0 Å². The van der Waals surface area contributed by atoms with Crippen LogP contribution < -0.4 is 11.1 Å². The molecular formula is C9H10N2O. The van der Waals surface area contributed by atoms with Crippen LogP contribution in [0.3, 0.4) is 0 Å². The lowest BCUT2D eigenvalue weighted by atomic mass is 10.1. The van der Waals surface area contributed by atoms with Gasteiger partial charge in [0.1, 0.15) is 6.29 Å². The number of nitrogens with two attached hydrogens (primary N) is 1. The standard InChI is InChI=1S/C9H10N2O/c10-7-1-2-9-6(3-7)4-8(5-12)11-9/h1-3,5,8,11H,4,10H2. The fourth-order valence-corrected chi connectivity index (χ4v) is 1.49. The summed E-state index contributed by atoms with van der Waals surface area (Å²) in [7, 11) is 0. The molecule has 1 aromatic carbocycles. The van der Waals surface area contributed by atoms with Crippen molar-refractivity contribution in [1.82, 2.24) is 0 Å². The van der Waals surface area contributed by atoms with Crippen LogP contribution in [0.1, 0.15) is 5.56 Å². The topological polar surface area (TPSA) is 55.1 Å². The summed E-state index contributed by atoms with van der Waals surface area (Å²) in [5.41, 5.74) is 8.51. The van der Waals surface area contributed by atoms with Gasteiger partial charge in [0.15, 0.2) is 0 Å². The summed E-state index contributed by atoms with van der Waals surface area (Å²) in [6.07, 6.45) is 1.68. The van der Waals surface area contributed by atoms with Gasteiger partial charge in [-0.1, -0.05) is 0 Å². The Bertz CT molecular complexity index is 322. The number of fused-ring (bicyclic) bond motifs is 1. The normalized spacial score (nSPS) is 19.8. The second-order valence-corrected chi connectivity index (χ2v) is 3.01. The van der Waals surface area contributed by atoms with Crippen molar-refractivity contribution < 1.29 is 4.79 Å². The van der Waals surface area contributed by atoms with Gasteiger partial charge in [0, 0.05) is 17.8 Å². The molecule has 1 unspecified atom stereocenters. The molecular weight excluding hydrogens is 152 g/mol. The fourth-order valence-electron chi connectivity index (χ4n) is 1.49. The molecule has 0 bridgehead atoms. The summed E-state index contributed by atoms with van der Waals surface area (Å²) in [5.74, 6) is 0. The van der Waals surface area contributed by atoms with Gasteiger partial charge in [-0.2, -0.15) is 0 Å². The maximum atomic E-state index is 10.5. The molecule has 0 radical (unpaired) electrons. The van der Waals surface area contributed by atoms with Gasteiger partial charge in [0.25, 0.3) is 0 Å². The first-order valence-corrected chi connectivity index (χ1v) is 3.90. The van der Waals surface area contributed by atoms with Gasteiger partial charge in [-0.3, -0.25) is 0 Å². The molecule has 0 aliphatic carbocycles. The number of anilines is 2. The first kappa shape index (κ1) is 7.16. The van der Waals surface area contributed by atoms with Crippen molar-refractivity contribution in [1.29, 1.82) is 0 Å². The van der Waals surface area contributed by atoms with Crippen molar-refractivity contribution in [3.8, 4) is 0 Å².